The average molecular weight is 231 g/mol. The topological polar surface area (TPSA) is 41.9 Å². The first-order valence-electron chi connectivity index (χ1n) is 6.32. The van der Waals surface area contributed by atoms with Gasteiger partial charge in [-0.25, -0.2) is 0 Å². The number of rotatable bonds is 7. The van der Waals surface area contributed by atoms with E-state index in [0.717, 1.165) is 39.1 Å². The van der Waals surface area contributed by atoms with Gasteiger partial charge in [0.15, 0.2) is 0 Å². The molecule has 16 heavy (non-hydrogen) atoms. The van der Waals surface area contributed by atoms with Crippen LogP contribution >= 0.6 is 0 Å². The number of aliphatic hydroxyl groups is 1. The maximum absolute atomic E-state index is 9.78. The van der Waals surface area contributed by atoms with Crippen molar-refractivity contribution < 1.29 is 14.6 Å². The molecule has 0 aromatic rings. The van der Waals surface area contributed by atoms with Crippen LogP contribution in [0.1, 0.15) is 26.7 Å². The molecule has 1 aliphatic rings. The van der Waals surface area contributed by atoms with Crippen LogP contribution in [-0.2, 0) is 9.47 Å². The zero-order valence-electron chi connectivity index (χ0n) is 10.5. The Morgan fingerprint density at radius 3 is 3.06 bits per heavy atom. The Labute approximate surface area is 98.5 Å². The number of nitrogens with zero attached hydrogens (tertiary/aromatic N) is 1. The molecule has 0 amide bonds. The third-order valence-electron chi connectivity index (χ3n) is 2.75. The SMILES string of the molecule is CCCCOCC(O)CN1CCOC(C)C1. The van der Waals surface area contributed by atoms with Crippen molar-refractivity contribution in [1.29, 1.82) is 0 Å². The zero-order valence-corrected chi connectivity index (χ0v) is 10.5. The minimum absolute atomic E-state index is 0.280. The minimum atomic E-state index is -0.373. The summed E-state index contributed by atoms with van der Waals surface area (Å²) in [6.45, 7) is 8.69. The van der Waals surface area contributed by atoms with Gasteiger partial charge in [0.2, 0.25) is 0 Å². The monoisotopic (exact) mass is 231 g/mol. The molecule has 1 rings (SSSR count). The van der Waals surface area contributed by atoms with E-state index < -0.39 is 0 Å². The molecule has 96 valence electrons. The van der Waals surface area contributed by atoms with Crippen LogP contribution < -0.4 is 0 Å². The average Bonchev–Trinajstić information content (AvgIpc) is 2.24. The van der Waals surface area contributed by atoms with Gasteiger partial charge in [-0.15, -0.1) is 0 Å². The molecule has 2 atom stereocenters. The Bertz CT molecular complexity index is 178. The quantitative estimate of drug-likeness (QED) is 0.661. The molecule has 0 aliphatic carbocycles. The van der Waals surface area contributed by atoms with Crippen LogP contribution in [0.25, 0.3) is 0 Å². The van der Waals surface area contributed by atoms with Crippen molar-refractivity contribution in [3.63, 3.8) is 0 Å². The Balaban J connectivity index is 2.06. The second kappa shape index (κ2) is 8.01. The Hall–Kier alpha value is -0.160. The van der Waals surface area contributed by atoms with Crippen LogP contribution in [0.4, 0.5) is 0 Å². The van der Waals surface area contributed by atoms with Crippen molar-refractivity contribution in [2.45, 2.75) is 38.9 Å². The lowest BCUT2D eigenvalue weighted by atomic mass is 10.2. The van der Waals surface area contributed by atoms with E-state index in [2.05, 4.69) is 18.7 Å². The molecular weight excluding hydrogens is 206 g/mol. The number of hydrogen-bond acceptors (Lipinski definition) is 4. The van der Waals surface area contributed by atoms with Gasteiger partial charge in [0.25, 0.3) is 0 Å². The van der Waals surface area contributed by atoms with E-state index in [4.69, 9.17) is 9.47 Å². The van der Waals surface area contributed by atoms with Crippen molar-refractivity contribution >= 4 is 0 Å². The predicted molar refractivity (Wildman–Crippen MR) is 63.6 cm³/mol. The fourth-order valence-corrected chi connectivity index (χ4v) is 1.87. The largest absolute Gasteiger partial charge is 0.389 e. The highest BCUT2D eigenvalue weighted by atomic mass is 16.5. The number of hydrogen-bond donors (Lipinski definition) is 1. The summed E-state index contributed by atoms with van der Waals surface area (Å²) < 4.78 is 10.8. The van der Waals surface area contributed by atoms with Crippen molar-refractivity contribution in [2.75, 3.05) is 39.5 Å². The van der Waals surface area contributed by atoms with Gasteiger partial charge >= 0.3 is 0 Å². The highest BCUT2D eigenvalue weighted by Gasteiger charge is 2.19. The molecule has 1 heterocycles. The normalized spacial score (nSPS) is 24.6. The first kappa shape index (κ1) is 13.9. The summed E-state index contributed by atoms with van der Waals surface area (Å²) in [5.74, 6) is 0. The van der Waals surface area contributed by atoms with E-state index >= 15 is 0 Å². The molecule has 4 heteroatoms. The summed E-state index contributed by atoms with van der Waals surface area (Å²) >= 11 is 0. The van der Waals surface area contributed by atoms with Gasteiger partial charge in [-0.05, 0) is 13.3 Å². The van der Waals surface area contributed by atoms with Crippen LogP contribution in [0.3, 0.4) is 0 Å². The Morgan fingerprint density at radius 1 is 1.56 bits per heavy atom. The molecule has 0 bridgehead atoms. The third-order valence-corrected chi connectivity index (χ3v) is 2.75. The second-order valence-electron chi connectivity index (χ2n) is 4.52. The molecule has 0 saturated carbocycles. The molecule has 1 aliphatic heterocycles. The summed E-state index contributed by atoms with van der Waals surface area (Å²) in [5, 5.41) is 9.78. The summed E-state index contributed by atoms with van der Waals surface area (Å²) in [6.07, 6.45) is 2.11. The van der Waals surface area contributed by atoms with Crippen molar-refractivity contribution in [3.05, 3.63) is 0 Å². The minimum Gasteiger partial charge on any atom is -0.389 e. The van der Waals surface area contributed by atoms with Crippen LogP contribution in [0.5, 0.6) is 0 Å². The highest BCUT2D eigenvalue weighted by molar-refractivity contribution is 4.71. The molecule has 1 fully saturated rings. The fraction of sp³-hybridized carbons (Fsp3) is 1.00. The zero-order chi connectivity index (χ0) is 11.8. The molecule has 0 radical (unpaired) electrons. The first-order chi connectivity index (χ1) is 7.72. The van der Waals surface area contributed by atoms with Gasteiger partial charge in [0.1, 0.15) is 0 Å². The van der Waals surface area contributed by atoms with Gasteiger partial charge in [-0.3, -0.25) is 4.90 Å². The standard InChI is InChI=1S/C12H25NO3/c1-3-4-6-15-10-12(14)9-13-5-7-16-11(2)8-13/h11-12,14H,3-10H2,1-2H3. The number of morpholine rings is 1. The first-order valence-corrected chi connectivity index (χ1v) is 6.32. The predicted octanol–water partition coefficient (Wildman–Crippen LogP) is 0.885. The third kappa shape index (κ3) is 5.80. The van der Waals surface area contributed by atoms with Crippen LogP contribution in [0, 0.1) is 0 Å². The maximum Gasteiger partial charge on any atom is 0.0900 e. The van der Waals surface area contributed by atoms with E-state index in [1.54, 1.807) is 0 Å². The molecule has 2 unspecified atom stereocenters. The molecule has 4 nitrogen and oxygen atoms in total. The molecule has 1 saturated heterocycles. The van der Waals surface area contributed by atoms with Crippen LogP contribution in [0.15, 0.2) is 0 Å². The lowest BCUT2D eigenvalue weighted by molar-refractivity contribution is -0.0441. The van der Waals surface area contributed by atoms with Crippen LogP contribution in [-0.4, -0.2) is 61.7 Å². The molecule has 0 aromatic carbocycles. The number of unbranched alkanes of at least 4 members (excludes halogenated alkanes) is 1. The lowest BCUT2D eigenvalue weighted by Gasteiger charge is -2.32. The van der Waals surface area contributed by atoms with Crippen molar-refractivity contribution in [1.82, 2.24) is 4.90 Å². The second-order valence-corrected chi connectivity index (χ2v) is 4.52. The maximum atomic E-state index is 9.78. The summed E-state index contributed by atoms with van der Waals surface area (Å²) in [5.41, 5.74) is 0. The van der Waals surface area contributed by atoms with Gasteiger partial charge in [0.05, 0.1) is 25.4 Å². The van der Waals surface area contributed by atoms with Crippen LogP contribution in [0.2, 0.25) is 0 Å². The van der Waals surface area contributed by atoms with E-state index in [-0.39, 0.29) is 12.2 Å². The van der Waals surface area contributed by atoms with Crippen molar-refractivity contribution in [2.24, 2.45) is 0 Å². The van der Waals surface area contributed by atoms with Gasteiger partial charge < -0.3 is 14.6 Å². The van der Waals surface area contributed by atoms with E-state index in [1.165, 1.54) is 0 Å². The summed E-state index contributed by atoms with van der Waals surface area (Å²) in [4.78, 5) is 2.24. The van der Waals surface area contributed by atoms with E-state index in [9.17, 15) is 5.11 Å². The number of aliphatic hydroxyl groups excluding tert-OH is 1. The fourth-order valence-electron chi connectivity index (χ4n) is 1.87. The molecule has 0 aromatic heterocycles. The highest BCUT2D eigenvalue weighted by Crippen LogP contribution is 2.05. The summed E-state index contributed by atoms with van der Waals surface area (Å²) in [7, 11) is 0. The Kier molecular flexibility index (Phi) is 6.96. The lowest BCUT2D eigenvalue weighted by Crippen LogP contribution is -2.45. The Morgan fingerprint density at radius 2 is 2.38 bits per heavy atom. The van der Waals surface area contributed by atoms with Crippen molar-refractivity contribution in [3.8, 4) is 0 Å². The van der Waals surface area contributed by atoms with E-state index in [1.807, 2.05) is 0 Å². The molecule has 0 spiro atoms. The number of ether oxygens (including phenoxy) is 2. The van der Waals surface area contributed by atoms with E-state index in [0.29, 0.717) is 13.2 Å². The smallest absolute Gasteiger partial charge is 0.0900 e. The number of β-amino-alcohol motifs (C(OH)–C–C–N with tert-alkyl or cyclic N) is 1. The summed E-state index contributed by atoms with van der Waals surface area (Å²) in [6, 6.07) is 0. The van der Waals surface area contributed by atoms with Gasteiger partial charge in [-0.1, -0.05) is 13.3 Å². The molecule has 1 N–H and O–H groups in total. The van der Waals surface area contributed by atoms with Gasteiger partial charge in [-0.2, -0.15) is 0 Å². The molecular formula is C12H25NO3. The van der Waals surface area contributed by atoms with Gasteiger partial charge in [0, 0.05) is 26.2 Å².